The Morgan fingerprint density at radius 2 is 1.81 bits per heavy atom. The second kappa shape index (κ2) is 8.89. The smallest absolute Gasteiger partial charge is 0.331 e. The summed E-state index contributed by atoms with van der Waals surface area (Å²) >= 11 is 0. The van der Waals surface area contributed by atoms with Gasteiger partial charge in [0.05, 0.1) is 0 Å². The van der Waals surface area contributed by atoms with E-state index in [1.54, 1.807) is 25.3 Å². The van der Waals surface area contributed by atoms with Gasteiger partial charge < -0.3 is 19.1 Å². The molecule has 0 aromatic heterocycles. The Morgan fingerprint density at radius 3 is 2.59 bits per heavy atom. The van der Waals surface area contributed by atoms with Crippen LogP contribution in [0, 0.1) is 0 Å². The number of esters is 1. The molecule has 0 saturated heterocycles. The predicted molar refractivity (Wildman–Crippen MR) is 100 cm³/mol. The normalized spacial score (nSPS) is 12.6. The molecule has 1 amide bonds. The molecule has 2 aromatic rings. The van der Waals surface area contributed by atoms with Crippen LogP contribution < -0.4 is 9.47 Å². The minimum atomic E-state index is -0.577. The molecule has 0 unspecified atom stereocenters. The van der Waals surface area contributed by atoms with Gasteiger partial charge >= 0.3 is 5.97 Å². The largest absolute Gasteiger partial charge is 0.486 e. The molecule has 6 nitrogen and oxygen atoms in total. The average molecular weight is 367 g/mol. The van der Waals surface area contributed by atoms with Crippen molar-refractivity contribution in [3.05, 3.63) is 65.7 Å². The molecule has 0 saturated carbocycles. The number of carbonyl (C=O) groups is 2. The van der Waals surface area contributed by atoms with Crippen LogP contribution in [0.2, 0.25) is 0 Å². The lowest BCUT2D eigenvalue weighted by molar-refractivity contribution is -0.147. The van der Waals surface area contributed by atoms with Crippen LogP contribution in [0.3, 0.4) is 0 Å². The van der Waals surface area contributed by atoms with Crippen LogP contribution in [0.4, 0.5) is 0 Å². The van der Waals surface area contributed by atoms with Crippen LogP contribution in [0.15, 0.2) is 54.6 Å². The van der Waals surface area contributed by atoms with E-state index in [2.05, 4.69) is 0 Å². The molecule has 1 aliphatic rings. The summed E-state index contributed by atoms with van der Waals surface area (Å²) in [6.07, 6.45) is 2.90. The van der Waals surface area contributed by atoms with Gasteiger partial charge in [-0.05, 0) is 29.3 Å². The molecular formula is C21H21NO5. The first-order chi connectivity index (χ1) is 13.1. The topological polar surface area (TPSA) is 65.1 Å². The summed E-state index contributed by atoms with van der Waals surface area (Å²) in [6, 6.07) is 15.0. The van der Waals surface area contributed by atoms with E-state index in [1.165, 1.54) is 11.0 Å². The number of benzene rings is 2. The molecule has 0 radical (unpaired) electrons. The summed E-state index contributed by atoms with van der Waals surface area (Å²) < 4.78 is 16.0. The number of fused-ring (bicyclic) bond motifs is 1. The summed E-state index contributed by atoms with van der Waals surface area (Å²) in [5.74, 6) is 0.494. The Labute approximate surface area is 158 Å². The second-order valence-electron chi connectivity index (χ2n) is 6.08. The summed E-state index contributed by atoms with van der Waals surface area (Å²) in [6.45, 7) is 1.19. The lowest BCUT2D eigenvalue weighted by atomic mass is 10.2. The molecule has 2 aromatic carbocycles. The van der Waals surface area contributed by atoms with E-state index in [-0.39, 0.29) is 12.5 Å². The molecule has 27 heavy (non-hydrogen) atoms. The van der Waals surface area contributed by atoms with Crippen molar-refractivity contribution in [3.63, 3.8) is 0 Å². The van der Waals surface area contributed by atoms with Gasteiger partial charge in [-0.2, -0.15) is 0 Å². The Hall–Kier alpha value is -3.28. The third-order valence-corrected chi connectivity index (χ3v) is 4.00. The molecule has 0 aliphatic carbocycles. The zero-order valence-electron chi connectivity index (χ0n) is 15.1. The van der Waals surface area contributed by atoms with E-state index in [9.17, 15) is 9.59 Å². The molecule has 0 fully saturated rings. The minimum absolute atomic E-state index is 0.264. The number of likely N-dealkylation sites (N-methyl/N-ethyl adjacent to an activating group) is 1. The summed E-state index contributed by atoms with van der Waals surface area (Å²) in [5, 5.41) is 0. The summed E-state index contributed by atoms with van der Waals surface area (Å²) in [4.78, 5) is 25.5. The molecule has 3 rings (SSSR count). The average Bonchev–Trinajstić information content (AvgIpc) is 2.71. The maximum absolute atomic E-state index is 12.1. The maximum Gasteiger partial charge on any atom is 0.331 e. The number of hydrogen-bond donors (Lipinski definition) is 0. The van der Waals surface area contributed by atoms with Crippen molar-refractivity contribution >= 4 is 18.0 Å². The minimum Gasteiger partial charge on any atom is -0.486 e. The van der Waals surface area contributed by atoms with Crippen LogP contribution in [0.25, 0.3) is 6.08 Å². The van der Waals surface area contributed by atoms with Gasteiger partial charge in [-0.1, -0.05) is 36.4 Å². The van der Waals surface area contributed by atoms with E-state index in [0.717, 1.165) is 11.1 Å². The van der Waals surface area contributed by atoms with E-state index in [1.807, 2.05) is 36.4 Å². The first-order valence-electron chi connectivity index (χ1n) is 8.64. The van der Waals surface area contributed by atoms with E-state index < -0.39 is 5.97 Å². The third-order valence-electron chi connectivity index (χ3n) is 4.00. The van der Waals surface area contributed by atoms with Gasteiger partial charge in [-0.15, -0.1) is 0 Å². The molecule has 0 spiro atoms. The lowest BCUT2D eigenvalue weighted by Gasteiger charge is -2.18. The van der Waals surface area contributed by atoms with Gasteiger partial charge in [0, 0.05) is 19.7 Å². The van der Waals surface area contributed by atoms with Crippen molar-refractivity contribution in [3.8, 4) is 11.5 Å². The fraction of sp³-hybridized carbons (Fsp3) is 0.238. The van der Waals surface area contributed by atoms with Gasteiger partial charge in [-0.3, -0.25) is 4.79 Å². The van der Waals surface area contributed by atoms with Crippen LogP contribution in [-0.4, -0.2) is 43.6 Å². The molecular weight excluding hydrogens is 346 g/mol. The van der Waals surface area contributed by atoms with Gasteiger partial charge in [0.15, 0.2) is 18.1 Å². The third kappa shape index (κ3) is 5.34. The van der Waals surface area contributed by atoms with Crippen molar-refractivity contribution in [2.45, 2.75) is 6.54 Å². The molecule has 6 heteroatoms. The van der Waals surface area contributed by atoms with E-state index in [0.29, 0.717) is 31.3 Å². The van der Waals surface area contributed by atoms with Gasteiger partial charge in [0.25, 0.3) is 5.91 Å². The van der Waals surface area contributed by atoms with Crippen molar-refractivity contribution < 1.29 is 23.8 Å². The highest BCUT2D eigenvalue weighted by molar-refractivity contribution is 5.89. The van der Waals surface area contributed by atoms with Gasteiger partial charge in [-0.25, -0.2) is 4.79 Å². The summed E-state index contributed by atoms with van der Waals surface area (Å²) in [7, 11) is 1.67. The highest BCUT2D eigenvalue weighted by Gasteiger charge is 2.12. The van der Waals surface area contributed by atoms with Crippen molar-refractivity contribution in [2.75, 3.05) is 26.9 Å². The van der Waals surface area contributed by atoms with Crippen molar-refractivity contribution in [1.82, 2.24) is 4.90 Å². The Bertz CT molecular complexity index is 832. The van der Waals surface area contributed by atoms with Gasteiger partial charge in [0.1, 0.15) is 13.2 Å². The van der Waals surface area contributed by atoms with E-state index >= 15 is 0 Å². The first kappa shape index (κ1) is 18.5. The first-order valence-corrected chi connectivity index (χ1v) is 8.64. The SMILES string of the molecule is CN(Cc1ccccc1)C(=O)COC(=O)/C=C/c1ccc2c(c1)OCCO2. The fourth-order valence-corrected chi connectivity index (χ4v) is 2.56. The zero-order valence-corrected chi connectivity index (χ0v) is 15.1. The van der Waals surface area contributed by atoms with Crippen LogP contribution >= 0.6 is 0 Å². The van der Waals surface area contributed by atoms with E-state index in [4.69, 9.17) is 14.2 Å². The maximum atomic E-state index is 12.1. The Morgan fingerprint density at radius 1 is 1.07 bits per heavy atom. The van der Waals surface area contributed by atoms with Crippen molar-refractivity contribution in [2.24, 2.45) is 0 Å². The highest BCUT2D eigenvalue weighted by atomic mass is 16.6. The predicted octanol–water partition coefficient (Wildman–Crippen LogP) is 2.67. The van der Waals surface area contributed by atoms with Crippen LogP contribution in [0.1, 0.15) is 11.1 Å². The number of hydrogen-bond acceptors (Lipinski definition) is 5. The second-order valence-corrected chi connectivity index (χ2v) is 6.08. The molecule has 0 atom stereocenters. The highest BCUT2D eigenvalue weighted by Crippen LogP contribution is 2.31. The number of amides is 1. The molecule has 0 N–H and O–H groups in total. The molecule has 140 valence electrons. The van der Waals surface area contributed by atoms with Crippen molar-refractivity contribution in [1.29, 1.82) is 0 Å². The molecule has 1 heterocycles. The lowest BCUT2D eigenvalue weighted by Crippen LogP contribution is -2.30. The number of carbonyl (C=O) groups excluding carboxylic acids is 2. The van der Waals surface area contributed by atoms with Gasteiger partial charge in [0.2, 0.25) is 0 Å². The molecule has 0 bridgehead atoms. The van der Waals surface area contributed by atoms with Crippen LogP contribution in [0.5, 0.6) is 11.5 Å². The standard InChI is InChI=1S/C21H21NO5/c1-22(14-17-5-3-2-4-6-17)20(23)15-27-21(24)10-8-16-7-9-18-19(13-16)26-12-11-25-18/h2-10,13H,11-12,14-15H2,1H3/b10-8+. The van der Waals surface area contributed by atoms with Crippen LogP contribution in [-0.2, 0) is 20.9 Å². The molecule has 1 aliphatic heterocycles. The Balaban J connectivity index is 1.47. The Kier molecular flexibility index (Phi) is 6.10. The number of rotatable bonds is 6. The number of nitrogens with zero attached hydrogens (tertiary/aromatic N) is 1. The summed E-state index contributed by atoms with van der Waals surface area (Å²) in [5.41, 5.74) is 1.79. The quantitative estimate of drug-likeness (QED) is 0.580. The number of ether oxygens (including phenoxy) is 3. The fourth-order valence-electron chi connectivity index (χ4n) is 2.56. The zero-order chi connectivity index (χ0) is 19.1. The monoisotopic (exact) mass is 367 g/mol.